The summed E-state index contributed by atoms with van der Waals surface area (Å²) in [5.41, 5.74) is 22.8. The first-order chi connectivity index (χ1) is 33.6. The van der Waals surface area contributed by atoms with Gasteiger partial charge in [0.1, 0.15) is 48.0 Å². The summed E-state index contributed by atoms with van der Waals surface area (Å²) in [6.07, 6.45) is -0.856. The highest BCUT2D eigenvalue weighted by atomic mass is 16.3. The standard InChI is InChI=1S/C46H69N13O12/c1-25(2)19-31(39(48)65)53-36(63)23-52-40(66)32(20-27-9-5-4-6-10-27)55-43(69)34(24-60)57-42(68)33(21-28-13-15-29(62)16-14-28)56-45(71)38(26(3)61)58-41(67)30(11-7-17-51-46(49)50)54-44(70)35-12-8-18-59(35)37(64)22-47/h4-6,9-10,13-16,25-26,30-35,38,60-62H,7-8,11-12,17-24,47H2,1-3H3,(H2,48,65)(H,52,66)(H,53,63)(H,54,70)(H,55,69)(H,56,71)(H,57,68)(H,58,67)(H4,49,50,51)/t26-,30+,31+,32+,33+,34+,35+,38+/m1/s1. The number of hydrogen-bond acceptors (Lipinski definition) is 14. The van der Waals surface area contributed by atoms with E-state index in [0.717, 1.165) is 0 Å². The van der Waals surface area contributed by atoms with Crippen LogP contribution in [0.4, 0.5) is 0 Å². The lowest BCUT2D eigenvalue weighted by molar-refractivity contribution is -0.139. The summed E-state index contributed by atoms with van der Waals surface area (Å²) in [6, 6.07) is 4.26. The highest BCUT2D eigenvalue weighted by molar-refractivity contribution is 5.98. The van der Waals surface area contributed by atoms with Gasteiger partial charge < -0.3 is 80.4 Å². The number of hydrogen-bond donors (Lipinski definition) is 14. The van der Waals surface area contributed by atoms with Crippen molar-refractivity contribution < 1.29 is 58.5 Å². The van der Waals surface area contributed by atoms with E-state index in [1.54, 1.807) is 30.3 Å². The van der Waals surface area contributed by atoms with Crippen molar-refractivity contribution in [2.75, 3.05) is 32.8 Å². The molecule has 25 heteroatoms. The van der Waals surface area contributed by atoms with Crippen LogP contribution in [0.25, 0.3) is 0 Å². The number of aromatic hydroxyl groups is 1. The fraction of sp³-hybridized carbons (Fsp3) is 0.522. The maximum atomic E-state index is 14.1. The topological polar surface area (TPSA) is 418 Å². The largest absolute Gasteiger partial charge is 0.508 e. The van der Waals surface area contributed by atoms with E-state index in [0.29, 0.717) is 24.0 Å². The van der Waals surface area contributed by atoms with Crippen molar-refractivity contribution >= 4 is 59.1 Å². The summed E-state index contributed by atoms with van der Waals surface area (Å²) in [4.78, 5) is 125. The molecule has 0 aromatic heterocycles. The van der Waals surface area contributed by atoms with Gasteiger partial charge in [0.05, 0.1) is 25.8 Å². The minimum atomic E-state index is -1.76. The van der Waals surface area contributed by atoms with Crippen LogP contribution in [-0.4, -0.2) is 161 Å². The summed E-state index contributed by atoms with van der Waals surface area (Å²) in [5, 5.41) is 48.4. The van der Waals surface area contributed by atoms with E-state index in [-0.39, 0.29) is 69.4 Å². The number of primary amides is 1. The molecule has 0 saturated carbocycles. The monoisotopic (exact) mass is 996 g/mol. The molecule has 0 spiro atoms. The second kappa shape index (κ2) is 29.0. The van der Waals surface area contributed by atoms with Crippen LogP contribution in [-0.2, 0) is 56.0 Å². The van der Waals surface area contributed by atoms with Crippen molar-refractivity contribution in [3.63, 3.8) is 0 Å². The normalized spacial score (nSPS) is 16.1. The first-order valence-electron chi connectivity index (χ1n) is 23.2. The Balaban J connectivity index is 1.84. The molecule has 1 saturated heterocycles. The zero-order chi connectivity index (χ0) is 52.8. The van der Waals surface area contributed by atoms with Gasteiger partial charge in [-0.3, -0.25) is 48.1 Å². The molecule has 0 unspecified atom stereocenters. The molecule has 2 aromatic carbocycles. The van der Waals surface area contributed by atoms with Crippen molar-refractivity contribution in [2.24, 2.45) is 33.8 Å². The summed E-state index contributed by atoms with van der Waals surface area (Å²) in [5.74, 6) is -7.88. The molecule has 1 fully saturated rings. The van der Waals surface area contributed by atoms with Crippen LogP contribution in [0.3, 0.4) is 0 Å². The molecule has 1 heterocycles. The Morgan fingerprint density at radius 3 is 1.87 bits per heavy atom. The number of guanidine groups is 1. The predicted octanol–water partition coefficient (Wildman–Crippen LogP) is -4.89. The number of likely N-dealkylation sites (tertiary alicyclic amines) is 1. The van der Waals surface area contributed by atoms with E-state index in [2.05, 4.69) is 42.2 Å². The predicted molar refractivity (Wildman–Crippen MR) is 258 cm³/mol. The number of aliphatic imine (C=N–C) groups is 1. The Hall–Kier alpha value is -7.38. The molecule has 1 aliphatic heterocycles. The fourth-order valence-electron chi connectivity index (χ4n) is 7.54. The Morgan fingerprint density at radius 1 is 0.718 bits per heavy atom. The number of nitrogens with two attached hydrogens (primary N) is 4. The first-order valence-corrected chi connectivity index (χ1v) is 23.2. The average molecular weight is 996 g/mol. The van der Waals surface area contributed by atoms with E-state index < -0.39 is 115 Å². The average Bonchev–Trinajstić information content (AvgIpc) is 3.82. The summed E-state index contributed by atoms with van der Waals surface area (Å²) in [6.45, 7) is 3.23. The molecule has 3 rings (SSSR count). The van der Waals surface area contributed by atoms with Crippen molar-refractivity contribution in [1.29, 1.82) is 0 Å². The lowest BCUT2D eigenvalue weighted by Crippen LogP contribution is -2.62. The minimum absolute atomic E-state index is 0.00707. The molecule has 71 heavy (non-hydrogen) atoms. The number of carbonyl (C=O) groups is 9. The van der Waals surface area contributed by atoms with Gasteiger partial charge in [-0.1, -0.05) is 56.3 Å². The third kappa shape index (κ3) is 19.5. The smallest absolute Gasteiger partial charge is 0.245 e. The maximum absolute atomic E-state index is 14.1. The van der Waals surface area contributed by atoms with Gasteiger partial charge in [-0.15, -0.1) is 0 Å². The number of nitrogens with zero attached hydrogens (tertiary/aromatic N) is 2. The van der Waals surface area contributed by atoms with Gasteiger partial charge in [-0.2, -0.15) is 0 Å². The zero-order valence-electron chi connectivity index (χ0n) is 40.1. The van der Waals surface area contributed by atoms with Crippen LogP contribution < -0.4 is 60.2 Å². The number of aliphatic hydroxyl groups excluding tert-OH is 2. The fourth-order valence-corrected chi connectivity index (χ4v) is 7.54. The van der Waals surface area contributed by atoms with Gasteiger partial charge in [-0.05, 0) is 68.2 Å². The third-order valence-electron chi connectivity index (χ3n) is 11.2. The van der Waals surface area contributed by atoms with E-state index in [9.17, 15) is 58.5 Å². The van der Waals surface area contributed by atoms with Crippen LogP contribution in [0.5, 0.6) is 5.75 Å². The number of rotatable bonds is 28. The lowest BCUT2D eigenvalue weighted by atomic mass is 10.0. The third-order valence-corrected chi connectivity index (χ3v) is 11.2. The molecule has 9 amide bonds. The van der Waals surface area contributed by atoms with E-state index in [1.165, 1.54) is 36.1 Å². The van der Waals surface area contributed by atoms with Gasteiger partial charge in [0.25, 0.3) is 0 Å². The molecule has 2 aromatic rings. The van der Waals surface area contributed by atoms with Crippen LogP contribution >= 0.6 is 0 Å². The lowest BCUT2D eigenvalue weighted by Gasteiger charge is -2.29. The number of carbonyl (C=O) groups excluding carboxylic acids is 9. The van der Waals surface area contributed by atoms with Crippen LogP contribution in [0.2, 0.25) is 0 Å². The Kier molecular flexibility index (Phi) is 23.6. The molecule has 18 N–H and O–H groups in total. The Morgan fingerprint density at radius 2 is 1.30 bits per heavy atom. The molecule has 0 radical (unpaired) electrons. The van der Waals surface area contributed by atoms with Crippen molar-refractivity contribution in [3.05, 3.63) is 65.7 Å². The second-order valence-corrected chi connectivity index (χ2v) is 17.5. The first kappa shape index (κ1) is 57.9. The molecule has 8 atom stereocenters. The van der Waals surface area contributed by atoms with Gasteiger partial charge in [0.15, 0.2) is 5.96 Å². The zero-order valence-corrected chi connectivity index (χ0v) is 40.1. The molecule has 0 bridgehead atoms. The number of nitrogens with one attached hydrogen (secondary N) is 7. The summed E-state index contributed by atoms with van der Waals surface area (Å²) >= 11 is 0. The van der Waals surface area contributed by atoms with E-state index >= 15 is 0 Å². The van der Waals surface area contributed by atoms with E-state index in [1.807, 2.05) is 13.8 Å². The summed E-state index contributed by atoms with van der Waals surface area (Å²) < 4.78 is 0. The van der Waals surface area contributed by atoms with Crippen LogP contribution in [0.15, 0.2) is 59.6 Å². The molecular formula is C46H69N13O12. The van der Waals surface area contributed by atoms with Gasteiger partial charge in [0, 0.05) is 25.9 Å². The number of amides is 9. The Bertz CT molecular complexity index is 2170. The quantitative estimate of drug-likeness (QED) is 0.0216. The molecule has 390 valence electrons. The van der Waals surface area contributed by atoms with Gasteiger partial charge >= 0.3 is 0 Å². The van der Waals surface area contributed by atoms with Crippen molar-refractivity contribution in [2.45, 2.75) is 114 Å². The van der Waals surface area contributed by atoms with Gasteiger partial charge in [-0.25, -0.2) is 0 Å². The number of benzene rings is 2. The van der Waals surface area contributed by atoms with Crippen LogP contribution in [0, 0.1) is 5.92 Å². The highest BCUT2D eigenvalue weighted by Gasteiger charge is 2.38. The van der Waals surface area contributed by atoms with E-state index in [4.69, 9.17) is 22.9 Å². The van der Waals surface area contributed by atoms with Crippen LogP contribution in [0.1, 0.15) is 64.0 Å². The summed E-state index contributed by atoms with van der Waals surface area (Å²) in [7, 11) is 0. The number of phenolic OH excluding ortho intramolecular Hbond substituents is 1. The molecule has 1 aliphatic rings. The molecule has 25 nitrogen and oxygen atoms in total. The Labute approximate surface area is 411 Å². The number of aliphatic hydroxyl groups is 2. The molecule has 0 aliphatic carbocycles. The highest BCUT2D eigenvalue weighted by Crippen LogP contribution is 2.18. The second-order valence-electron chi connectivity index (χ2n) is 17.5. The minimum Gasteiger partial charge on any atom is -0.508 e. The maximum Gasteiger partial charge on any atom is 0.245 e. The van der Waals surface area contributed by atoms with Crippen molar-refractivity contribution in [3.8, 4) is 5.75 Å². The van der Waals surface area contributed by atoms with Gasteiger partial charge in [0.2, 0.25) is 53.2 Å². The SMILES string of the molecule is CC(C)C[C@H](NC(=O)CNC(=O)[C@H](Cc1ccccc1)NC(=O)[C@H](CO)NC(=O)[C@H](Cc1ccc(O)cc1)NC(=O)[C@@H](NC(=O)[C@H](CCCN=C(N)N)NC(=O)[C@@H]1CCCN1C(=O)CN)[C@@H](C)O)C(N)=O. The van der Waals surface area contributed by atoms with Crippen molar-refractivity contribution in [1.82, 2.24) is 42.1 Å². The number of phenols is 1. The molecular weight excluding hydrogens is 927 g/mol.